The lowest BCUT2D eigenvalue weighted by Gasteiger charge is -2.36. The minimum Gasteiger partial charge on any atom is -0.497 e. The molecule has 0 atom stereocenters. The number of nitrogens with one attached hydrogen (secondary N) is 1. The van der Waals surface area contributed by atoms with Crippen LogP contribution < -0.4 is 15.8 Å². The van der Waals surface area contributed by atoms with Crippen molar-refractivity contribution in [1.29, 1.82) is 0 Å². The fourth-order valence-electron chi connectivity index (χ4n) is 1.97. The van der Waals surface area contributed by atoms with Gasteiger partial charge in [-0.15, -0.1) is 0 Å². The predicted octanol–water partition coefficient (Wildman–Crippen LogP) is 1.21. The number of carboxylic acid groups (broad SMARTS) is 1. The Hall–Kier alpha value is -2.08. The molecular formula is C13H16N2O4. The second kappa shape index (κ2) is 4.89. The summed E-state index contributed by atoms with van der Waals surface area (Å²) in [5, 5.41) is 11.7. The van der Waals surface area contributed by atoms with E-state index in [4.69, 9.17) is 15.6 Å². The number of benzene rings is 1. The Morgan fingerprint density at radius 1 is 1.42 bits per heavy atom. The van der Waals surface area contributed by atoms with Crippen LogP contribution in [0.4, 0.5) is 5.69 Å². The summed E-state index contributed by atoms with van der Waals surface area (Å²) in [7, 11) is 1.47. The average Bonchev–Trinajstić information content (AvgIpc) is 2.35. The molecule has 0 radical (unpaired) electrons. The van der Waals surface area contributed by atoms with Gasteiger partial charge in [0, 0.05) is 6.07 Å². The number of methoxy groups -OCH3 is 1. The molecule has 2 rings (SSSR count). The van der Waals surface area contributed by atoms with Crippen LogP contribution in [0.5, 0.6) is 5.75 Å². The highest BCUT2D eigenvalue weighted by Crippen LogP contribution is 2.31. The lowest BCUT2D eigenvalue weighted by Crippen LogP contribution is -2.56. The fraction of sp³-hybridized carbons (Fsp3) is 0.385. The molecule has 4 N–H and O–H groups in total. The Morgan fingerprint density at radius 3 is 2.58 bits per heavy atom. The molecular weight excluding hydrogens is 248 g/mol. The third-order valence-electron chi connectivity index (χ3n) is 3.40. The van der Waals surface area contributed by atoms with E-state index in [-0.39, 0.29) is 17.2 Å². The zero-order valence-corrected chi connectivity index (χ0v) is 10.6. The maximum Gasteiger partial charge on any atom is 0.337 e. The van der Waals surface area contributed by atoms with Crippen LogP contribution in [0.2, 0.25) is 0 Å². The van der Waals surface area contributed by atoms with Crippen molar-refractivity contribution in [3.63, 3.8) is 0 Å². The Kier molecular flexibility index (Phi) is 3.44. The minimum atomic E-state index is -1.11. The van der Waals surface area contributed by atoms with Crippen LogP contribution in [0.3, 0.4) is 0 Å². The van der Waals surface area contributed by atoms with Crippen LogP contribution in [-0.2, 0) is 4.79 Å². The summed E-state index contributed by atoms with van der Waals surface area (Å²) in [5.41, 5.74) is 5.24. The van der Waals surface area contributed by atoms with Gasteiger partial charge in [-0.2, -0.15) is 0 Å². The SMILES string of the molecule is COc1ccc(C(=O)O)c(NC(=O)C2(N)CCC2)c1. The molecule has 1 aromatic carbocycles. The van der Waals surface area contributed by atoms with Gasteiger partial charge in [-0.1, -0.05) is 0 Å². The van der Waals surface area contributed by atoms with Crippen LogP contribution in [0, 0.1) is 0 Å². The number of carboxylic acids is 1. The zero-order valence-electron chi connectivity index (χ0n) is 10.6. The van der Waals surface area contributed by atoms with E-state index < -0.39 is 11.5 Å². The molecule has 1 saturated carbocycles. The van der Waals surface area contributed by atoms with Crippen molar-refractivity contribution in [2.45, 2.75) is 24.8 Å². The molecule has 19 heavy (non-hydrogen) atoms. The van der Waals surface area contributed by atoms with Crippen molar-refractivity contribution in [3.8, 4) is 5.75 Å². The van der Waals surface area contributed by atoms with E-state index in [0.717, 1.165) is 6.42 Å². The van der Waals surface area contributed by atoms with Gasteiger partial charge >= 0.3 is 5.97 Å². The number of rotatable bonds is 4. The van der Waals surface area contributed by atoms with Crippen LogP contribution in [0.1, 0.15) is 29.6 Å². The van der Waals surface area contributed by atoms with Gasteiger partial charge in [0.25, 0.3) is 0 Å². The molecule has 6 nitrogen and oxygen atoms in total. The van der Waals surface area contributed by atoms with Crippen molar-refractivity contribution < 1.29 is 19.4 Å². The van der Waals surface area contributed by atoms with Gasteiger partial charge in [0.05, 0.1) is 23.9 Å². The van der Waals surface area contributed by atoms with E-state index in [1.54, 1.807) is 0 Å². The van der Waals surface area contributed by atoms with Gasteiger partial charge < -0.3 is 20.9 Å². The average molecular weight is 264 g/mol. The monoisotopic (exact) mass is 264 g/mol. The van der Waals surface area contributed by atoms with E-state index in [9.17, 15) is 9.59 Å². The minimum absolute atomic E-state index is 0.0112. The molecule has 1 aliphatic carbocycles. The van der Waals surface area contributed by atoms with Crippen LogP contribution in [0.25, 0.3) is 0 Å². The van der Waals surface area contributed by atoms with Crippen molar-refractivity contribution in [1.82, 2.24) is 0 Å². The standard InChI is InChI=1S/C13H16N2O4/c1-19-8-3-4-9(11(16)17)10(7-8)15-12(18)13(14)5-2-6-13/h3-4,7H,2,5-6,14H2,1H3,(H,15,18)(H,16,17). The number of amides is 1. The van der Waals surface area contributed by atoms with E-state index in [1.807, 2.05) is 0 Å². The highest BCUT2D eigenvalue weighted by atomic mass is 16.5. The lowest BCUT2D eigenvalue weighted by atomic mass is 9.77. The number of carbonyl (C=O) groups excluding carboxylic acids is 1. The van der Waals surface area contributed by atoms with Gasteiger partial charge in [0.15, 0.2) is 0 Å². The summed E-state index contributed by atoms with van der Waals surface area (Å²) in [6.07, 6.45) is 2.14. The molecule has 1 aliphatic rings. The maximum absolute atomic E-state index is 12.0. The molecule has 1 aromatic rings. The predicted molar refractivity (Wildman–Crippen MR) is 69.4 cm³/mol. The smallest absolute Gasteiger partial charge is 0.337 e. The number of anilines is 1. The molecule has 0 bridgehead atoms. The van der Waals surface area contributed by atoms with Crippen molar-refractivity contribution >= 4 is 17.6 Å². The topological polar surface area (TPSA) is 102 Å². The van der Waals surface area contributed by atoms with E-state index in [2.05, 4.69) is 5.32 Å². The number of hydrogen-bond acceptors (Lipinski definition) is 4. The number of carbonyl (C=O) groups is 2. The number of aromatic carboxylic acids is 1. The molecule has 0 spiro atoms. The van der Waals surface area contributed by atoms with Gasteiger partial charge in [-0.3, -0.25) is 4.79 Å². The molecule has 1 fully saturated rings. The van der Waals surface area contributed by atoms with Crippen LogP contribution in [0.15, 0.2) is 18.2 Å². The van der Waals surface area contributed by atoms with E-state index in [1.165, 1.54) is 25.3 Å². The molecule has 0 unspecified atom stereocenters. The molecule has 0 heterocycles. The Bertz CT molecular complexity index is 523. The Balaban J connectivity index is 2.27. The number of hydrogen-bond donors (Lipinski definition) is 3. The highest BCUT2D eigenvalue weighted by molar-refractivity contribution is 6.04. The van der Waals surface area contributed by atoms with Gasteiger partial charge in [0.2, 0.25) is 5.91 Å². The highest BCUT2D eigenvalue weighted by Gasteiger charge is 2.40. The first-order chi connectivity index (χ1) is 8.96. The Labute approximate surface area is 110 Å². The molecule has 6 heteroatoms. The summed E-state index contributed by atoms with van der Waals surface area (Å²) >= 11 is 0. The first-order valence-electron chi connectivity index (χ1n) is 5.98. The van der Waals surface area contributed by atoms with E-state index >= 15 is 0 Å². The normalized spacial score (nSPS) is 16.3. The molecule has 0 aliphatic heterocycles. The van der Waals surface area contributed by atoms with Gasteiger partial charge in [-0.25, -0.2) is 4.79 Å². The molecule has 102 valence electrons. The van der Waals surface area contributed by atoms with Crippen molar-refractivity contribution in [2.75, 3.05) is 12.4 Å². The van der Waals surface area contributed by atoms with Crippen LogP contribution in [-0.4, -0.2) is 29.6 Å². The van der Waals surface area contributed by atoms with Crippen LogP contribution >= 0.6 is 0 Å². The summed E-state index contributed by atoms with van der Waals surface area (Å²) in [6, 6.07) is 4.39. The lowest BCUT2D eigenvalue weighted by molar-refractivity contribution is -0.123. The third kappa shape index (κ3) is 2.53. The van der Waals surface area contributed by atoms with Crippen molar-refractivity contribution in [3.05, 3.63) is 23.8 Å². The van der Waals surface area contributed by atoms with Gasteiger partial charge in [0.1, 0.15) is 5.75 Å². The maximum atomic E-state index is 12.0. The summed E-state index contributed by atoms with van der Waals surface area (Å²) < 4.78 is 5.02. The quantitative estimate of drug-likeness (QED) is 0.758. The molecule has 0 saturated heterocycles. The number of nitrogens with two attached hydrogens (primary N) is 1. The summed E-state index contributed by atoms with van der Waals surface area (Å²) in [4.78, 5) is 23.1. The zero-order chi connectivity index (χ0) is 14.0. The first kappa shape index (κ1) is 13.4. The third-order valence-corrected chi connectivity index (χ3v) is 3.40. The van der Waals surface area contributed by atoms with Crippen molar-refractivity contribution in [2.24, 2.45) is 5.73 Å². The largest absolute Gasteiger partial charge is 0.497 e. The first-order valence-corrected chi connectivity index (χ1v) is 5.98. The molecule has 1 amide bonds. The van der Waals surface area contributed by atoms with E-state index in [0.29, 0.717) is 18.6 Å². The van der Waals surface area contributed by atoms with Gasteiger partial charge in [-0.05, 0) is 31.4 Å². The molecule has 0 aromatic heterocycles. The summed E-state index contributed by atoms with van der Waals surface area (Å²) in [6.45, 7) is 0. The number of ether oxygens (including phenoxy) is 1. The second-order valence-corrected chi connectivity index (χ2v) is 4.68. The summed E-state index contributed by atoms with van der Waals surface area (Å²) in [5.74, 6) is -0.993. The Morgan fingerprint density at radius 2 is 2.11 bits per heavy atom. The second-order valence-electron chi connectivity index (χ2n) is 4.68. The fourth-order valence-corrected chi connectivity index (χ4v) is 1.97.